The highest BCUT2D eigenvalue weighted by Crippen LogP contribution is 2.65. The number of aromatic amines is 1. The van der Waals surface area contributed by atoms with E-state index in [1.807, 2.05) is 0 Å². The van der Waals surface area contributed by atoms with Crippen LogP contribution in [0.3, 0.4) is 0 Å². The lowest BCUT2D eigenvalue weighted by atomic mass is 10.1. The monoisotopic (exact) mass is 310 g/mol. The van der Waals surface area contributed by atoms with Crippen LogP contribution in [0.4, 0.5) is 8.78 Å². The summed E-state index contributed by atoms with van der Waals surface area (Å²) in [5, 5.41) is 18.0. The van der Waals surface area contributed by atoms with Crippen molar-refractivity contribution < 1.29 is 23.7 Å². The lowest BCUT2D eigenvalue weighted by Gasteiger charge is -2.21. The maximum Gasteiger partial charge on any atom is 0.330 e. The number of aromatic nitrogens is 2. The van der Waals surface area contributed by atoms with Crippen LogP contribution in [-0.2, 0) is 4.74 Å². The zero-order chi connectivity index (χ0) is 14.9. The number of hydrogen-bond acceptors (Lipinski definition) is 5. The van der Waals surface area contributed by atoms with Gasteiger partial charge in [-0.05, 0) is 0 Å². The lowest BCUT2D eigenvalue weighted by molar-refractivity contribution is -0.0784. The molecule has 1 saturated heterocycles. The van der Waals surface area contributed by atoms with E-state index in [4.69, 9.17) is 16.3 Å². The second kappa shape index (κ2) is 3.88. The van der Waals surface area contributed by atoms with Crippen LogP contribution in [0.15, 0.2) is 15.8 Å². The number of aliphatic hydroxyl groups excluding tert-OH is 1. The van der Waals surface area contributed by atoms with Crippen LogP contribution in [0.2, 0.25) is 0 Å². The molecular weight excluding hydrogens is 302 g/mol. The zero-order valence-corrected chi connectivity index (χ0v) is 10.5. The maximum absolute atomic E-state index is 14.2. The Balaban J connectivity index is 2.05. The predicted octanol–water partition coefficient (Wildman–Crippen LogP) is -1.37. The molecule has 1 aliphatic heterocycles. The summed E-state index contributed by atoms with van der Waals surface area (Å²) in [6.45, 7) is -0.769. The number of alkyl halides is 2. The van der Waals surface area contributed by atoms with E-state index in [0.717, 1.165) is 0 Å². The minimum atomic E-state index is -2.17. The van der Waals surface area contributed by atoms with Gasteiger partial charge in [0, 0.05) is 0 Å². The number of nitrogens with zero attached hydrogens (tertiary/aromatic N) is 1. The van der Waals surface area contributed by atoms with Crippen molar-refractivity contribution in [2.24, 2.45) is 0 Å². The van der Waals surface area contributed by atoms with E-state index in [1.165, 1.54) is 0 Å². The summed E-state index contributed by atoms with van der Waals surface area (Å²) in [5.41, 5.74) is -6.27. The fourth-order valence-corrected chi connectivity index (χ4v) is 3.12. The van der Waals surface area contributed by atoms with E-state index in [0.29, 0.717) is 10.8 Å². The van der Waals surface area contributed by atoms with E-state index >= 15 is 0 Å². The van der Waals surface area contributed by atoms with Gasteiger partial charge in [0.05, 0.1) is 12.8 Å². The van der Waals surface area contributed by atoms with Gasteiger partial charge in [0.2, 0.25) is 5.82 Å². The molecule has 1 aromatic rings. The number of halogens is 3. The van der Waals surface area contributed by atoms with Crippen LogP contribution in [0.1, 0.15) is 6.23 Å². The number of ether oxygens (including phenoxy) is 1. The number of hydrogen-bond donors (Lipinski definition) is 3. The minimum Gasteiger partial charge on any atom is -0.393 e. The second-order valence-corrected chi connectivity index (χ2v) is 5.23. The molecule has 5 atom stereocenters. The van der Waals surface area contributed by atoms with Crippen molar-refractivity contribution in [2.45, 2.75) is 29.0 Å². The van der Waals surface area contributed by atoms with Crippen molar-refractivity contribution in [1.82, 2.24) is 9.55 Å². The topological polar surface area (TPSA) is 105 Å². The Labute approximate surface area is 114 Å². The Morgan fingerprint density at radius 3 is 2.75 bits per heavy atom. The first kappa shape index (κ1) is 13.7. The average molecular weight is 311 g/mol. The zero-order valence-electron chi connectivity index (χ0n) is 9.72. The van der Waals surface area contributed by atoms with Gasteiger partial charge in [-0.25, -0.2) is 9.18 Å². The molecule has 1 unspecified atom stereocenters. The van der Waals surface area contributed by atoms with Crippen molar-refractivity contribution in [3.63, 3.8) is 0 Å². The minimum absolute atomic E-state index is 0.465. The summed E-state index contributed by atoms with van der Waals surface area (Å²) in [6, 6.07) is 0. The molecule has 0 spiro atoms. The summed E-state index contributed by atoms with van der Waals surface area (Å²) >= 11 is 5.70. The highest BCUT2D eigenvalue weighted by atomic mass is 35.5. The first-order valence-electron chi connectivity index (χ1n) is 5.59. The number of fused-ring (bicyclic) bond motifs is 1. The van der Waals surface area contributed by atoms with Gasteiger partial charge in [-0.1, -0.05) is 0 Å². The van der Waals surface area contributed by atoms with Crippen LogP contribution in [0, 0.1) is 5.82 Å². The summed E-state index contributed by atoms with van der Waals surface area (Å²) < 4.78 is 33.0. The molecule has 0 amide bonds. The van der Waals surface area contributed by atoms with Crippen LogP contribution in [0.25, 0.3) is 0 Å². The fraction of sp³-hybridized carbons (Fsp3) is 0.600. The number of nitrogens with one attached hydrogen (secondary N) is 1. The lowest BCUT2D eigenvalue weighted by Crippen LogP contribution is -2.40. The van der Waals surface area contributed by atoms with Crippen LogP contribution >= 0.6 is 11.6 Å². The number of rotatable bonds is 2. The van der Waals surface area contributed by atoms with Crippen molar-refractivity contribution in [3.8, 4) is 0 Å². The normalized spacial score (nSPS) is 42.5. The molecule has 2 fully saturated rings. The van der Waals surface area contributed by atoms with E-state index in [-0.39, 0.29) is 0 Å². The third-order valence-corrected chi connectivity index (χ3v) is 4.51. The summed E-state index contributed by atoms with van der Waals surface area (Å²) in [6.07, 6.45) is -3.39. The van der Waals surface area contributed by atoms with E-state index in [9.17, 15) is 28.6 Å². The molecular formula is C10H9ClF2N2O5. The first-order chi connectivity index (χ1) is 9.29. The van der Waals surface area contributed by atoms with Gasteiger partial charge in [-0.15, -0.1) is 11.6 Å². The molecule has 110 valence electrons. The summed E-state index contributed by atoms with van der Waals surface area (Å²) in [7, 11) is 0. The Bertz CT molecular complexity index is 689. The molecule has 10 heteroatoms. The summed E-state index contributed by atoms with van der Waals surface area (Å²) in [5.74, 6) is -1.31. The maximum atomic E-state index is 14.2. The van der Waals surface area contributed by atoms with Crippen molar-refractivity contribution in [3.05, 3.63) is 32.9 Å². The quantitative estimate of drug-likeness (QED) is 0.584. The van der Waals surface area contributed by atoms with Crippen LogP contribution < -0.4 is 11.2 Å². The van der Waals surface area contributed by atoms with Gasteiger partial charge in [0.15, 0.2) is 18.0 Å². The number of aliphatic hydroxyl groups is 2. The van der Waals surface area contributed by atoms with E-state index in [1.54, 1.807) is 4.98 Å². The van der Waals surface area contributed by atoms with Gasteiger partial charge >= 0.3 is 5.69 Å². The highest BCUT2D eigenvalue weighted by Gasteiger charge is 2.87. The van der Waals surface area contributed by atoms with Gasteiger partial charge in [0.25, 0.3) is 5.56 Å². The largest absolute Gasteiger partial charge is 0.393 e. The smallest absolute Gasteiger partial charge is 0.330 e. The Morgan fingerprint density at radius 2 is 2.20 bits per heavy atom. The Kier molecular flexibility index (Phi) is 2.65. The van der Waals surface area contributed by atoms with E-state index in [2.05, 4.69) is 0 Å². The van der Waals surface area contributed by atoms with Crippen molar-refractivity contribution >= 4 is 11.6 Å². The molecule has 2 heterocycles. The van der Waals surface area contributed by atoms with E-state index < -0.39 is 52.7 Å². The van der Waals surface area contributed by atoms with Crippen molar-refractivity contribution in [1.29, 1.82) is 0 Å². The molecule has 1 aliphatic carbocycles. The Hall–Kier alpha value is -1.29. The predicted molar refractivity (Wildman–Crippen MR) is 60.7 cm³/mol. The molecule has 3 N–H and O–H groups in total. The van der Waals surface area contributed by atoms with Gasteiger partial charge < -0.3 is 14.9 Å². The Morgan fingerprint density at radius 1 is 1.55 bits per heavy atom. The molecule has 3 rings (SSSR count). The van der Waals surface area contributed by atoms with Gasteiger partial charge in [-0.3, -0.25) is 14.3 Å². The molecule has 1 aromatic heterocycles. The standard InChI is InChI=1S/C10H9ClF2N2O5/c11-7-9(2-16)10(7,19)4(13)6(20-9)15-1-3(12)5(17)14-8(15)18/h1,4,6-7,16,19H,2H2,(H,14,17,18)/t4-,6+,7?,9-,10+/m0/s1. The number of H-pyrrole nitrogens is 1. The second-order valence-electron chi connectivity index (χ2n) is 4.79. The van der Waals surface area contributed by atoms with Crippen molar-refractivity contribution in [2.75, 3.05) is 6.61 Å². The van der Waals surface area contributed by atoms with Gasteiger partial charge in [0.1, 0.15) is 11.0 Å². The van der Waals surface area contributed by atoms with Crippen LogP contribution in [-0.4, -0.2) is 49.1 Å². The summed E-state index contributed by atoms with van der Waals surface area (Å²) in [4.78, 5) is 24.1. The molecule has 1 saturated carbocycles. The average Bonchev–Trinajstić information content (AvgIpc) is 2.76. The molecule has 2 aliphatic rings. The molecule has 0 radical (unpaired) electrons. The fourth-order valence-electron chi connectivity index (χ4n) is 2.58. The third kappa shape index (κ3) is 1.33. The highest BCUT2D eigenvalue weighted by molar-refractivity contribution is 6.25. The first-order valence-corrected chi connectivity index (χ1v) is 6.03. The molecule has 0 aromatic carbocycles. The van der Waals surface area contributed by atoms with Crippen LogP contribution in [0.5, 0.6) is 0 Å². The third-order valence-electron chi connectivity index (χ3n) is 3.83. The molecule has 20 heavy (non-hydrogen) atoms. The van der Waals surface area contributed by atoms with Gasteiger partial charge in [-0.2, -0.15) is 4.39 Å². The molecule has 7 nitrogen and oxygen atoms in total. The SMILES string of the molecule is O=c1[nH]c(=O)n([C@@H]2O[C@@]3(CO)C(Cl)[C@]3(O)[C@H]2F)cc1F. The molecule has 0 bridgehead atoms.